The van der Waals surface area contributed by atoms with Gasteiger partial charge in [0.2, 0.25) is 0 Å². The lowest BCUT2D eigenvalue weighted by molar-refractivity contribution is 0.405. The van der Waals surface area contributed by atoms with Crippen molar-refractivity contribution >= 4 is 15.9 Å². The van der Waals surface area contributed by atoms with Crippen LogP contribution in [0, 0.1) is 13.8 Å². The number of hydrazine groups is 1. The molecule has 21 heavy (non-hydrogen) atoms. The Morgan fingerprint density at radius 1 is 1.24 bits per heavy atom. The molecule has 3 N–H and O–H groups in total. The molecule has 3 nitrogen and oxygen atoms in total. The first kappa shape index (κ1) is 16.0. The Morgan fingerprint density at radius 3 is 2.67 bits per heavy atom. The number of nitrogens with two attached hydrogens (primary N) is 1. The van der Waals surface area contributed by atoms with E-state index in [0.717, 1.165) is 22.2 Å². The van der Waals surface area contributed by atoms with Crippen LogP contribution < -0.4 is 16.0 Å². The van der Waals surface area contributed by atoms with Crippen LogP contribution in [0.4, 0.5) is 0 Å². The first-order valence-electron chi connectivity index (χ1n) is 6.91. The number of rotatable bonds is 5. The minimum absolute atomic E-state index is 0.0492. The number of benzene rings is 2. The van der Waals surface area contributed by atoms with Crippen molar-refractivity contribution in [2.45, 2.75) is 26.3 Å². The van der Waals surface area contributed by atoms with Crippen LogP contribution in [0.1, 0.15) is 28.3 Å². The molecule has 0 saturated heterocycles. The molecule has 2 aromatic rings. The summed E-state index contributed by atoms with van der Waals surface area (Å²) in [4.78, 5) is 0. The summed E-state index contributed by atoms with van der Waals surface area (Å²) < 4.78 is 6.48. The molecule has 0 aromatic heterocycles. The fourth-order valence-electron chi connectivity index (χ4n) is 2.54. The highest BCUT2D eigenvalue weighted by atomic mass is 79.9. The molecule has 2 aromatic carbocycles. The molecule has 0 amide bonds. The second-order valence-electron chi connectivity index (χ2n) is 5.17. The van der Waals surface area contributed by atoms with Crippen LogP contribution in [0.3, 0.4) is 0 Å². The minimum Gasteiger partial charge on any atom is -0.496 e. The molecule has 1 atom stereocenters. The zero-order valence-corrected chi connectivity index (χ0v) is 14.2. The molecule has 0 aliphatic rings. The molecule has 0 aliphatic heterocycles. The fraction of sp³-hybridized carbons (Fsp3) is 0.294. The monoisotopic (exact) mass is 348 g/mol. The highest BCUT2D eigenvalue weighted by Crippen LogP contribution is 2.29. The minimum atomic E-state index is 0.0492. The molecule has 2 rings (SSSR count). The van der Waals surface area contributed by atoms with Gasteiger partial charge >= 0.3 is 0 Å². The van der Waals surface area contributed by atoms with Gasteiger partial charge in [-0.2, -0.15) is 0 Å². The first-order valence-corrected chi connectivity index (χ1v) is 7.70. The van der Waals surface area contributed by atoms with E-state index in [-0.39, 0.29) is 6.04 Å². The van der Waals surface area contributed by atoms with Crippen molar-refractivity contribution in [3.63, 3.8) is 0 Å². The number of hydrogen-bond acceptors (Lipinski definition) is 3. The number of methoxy groups -OCH3 is 1. The van der Waals surface area contributed by atoms with Gasteiger partial charge in [-0.25, -0.2) is 0 Å². The van der Waals surface area contributed by atoms with Gasteiger partial charge in [-0.15, -0.1) is 0 Å². The Balaban J connectivity index is 2.35. The number of ether oxygens (including phenoxy) is 1. The van der Waals surface area contributed by atoms with Gasteiger partial charge in [0.15, 0.2) is 0 Å². The molecule has 0 spiro atoms. The Bertz CT molecular complexity index is 628. The lowest BCUT2D eigenvalue weighted by atomic mass is 9.93. The summed E-state index contributed by atoms with van der Waals surface area (Å²) in [5.41, 5.74) is 7.82. The lowest BCUT2D eigenvalue weighted by Crippen LogP contribution is -2.30. The van der Waals surface area contributed by atoms with E-state index in [1.54, 1.807) is 7.11 Å². The number of aryl methyl sites for hydroxylation is 1. The van der Waals surface area contributed by atoms with Gasteiger partial charge in [0.25, 0.3) is 0 Å². The largest absolute Gasteiger partial charge is 0.496 e. The summed E-state index contributed by atoms with van der Waals surface area (Å²) in [6.45, 7) is 4.25. The summed E-state index contributed by atoms with van der Waals surface area (Å²) in [5.74, 6) is 6.68. The SMILES string of the molecule is COc1ccc(Br)cc1CC(NN)c1cccc(C)c1C. The summed E-state index contributed by atoms with van der Waals surface area (Å²) >= 11 is 3.51. The molecule has 0 fully saturated rings. The van der Waals surface area contributed by atoms with E-state index in [9.17, 15) is 0 Å². The second-order valence-corrected chi connectivity index (χ2v) is 6.08. The quantitative estimate of drug-likeness (QED) is 0.637. The Hall–Kier alpha value is -1.36. The molecule has 0 bridgehead atoms. The molecule has 0 radical (unpaired) electrons. The molecule has 112 valence electrons. The lowest BCUT2D eigenvalue weighted by Gasteiger charge is -2.21. The van der Waals surface area contributed by atoms with E-state index >= 15 is 0 Å². The molecular formula is C17H21BrN2O. The van der Waals surface area contributed by atoms with Gasteiger partial charge in [0, 0.05) is 4.47 Å². The van der Waals surface area contributed by atoms with Crippen LogP contribution in [-0.4, -0.2) is 7.11 Å². The molecule has 0 heterocycles. The van der Waals surface area contributed by atoms with Gasteiger partial charge < -0.3 is 4.74 Å². The molecule has 0 saturated carbocycles. The van der Waals surface area contributed by atoms with Crippen molar-refractivity contribution in [3.8, 4) is 5.75 Å². The van der Waals surface area contributed by atoms with Crippen molar-refractivity contribution in [2.24, 2.45) is 5.84 Å². The maximum Gasteiger partial charge on any atom is 0.122 e. The molecule has 4 heteroatoms. The van der Waals surface area contributed by atoms with Crippen molar-refractivity contribution < 1.29 is 4.74 Å². The Kier molecular flexibility index (Phi) is 5.39. The molecular weight excluding hydrogens is 328 g/mol. The maximum absolute atomic E-state index is 5.80. The zero-order valence-electron chi connectivity index (χ0n) is 12.6. The predicted molar refractivity (Wildman–Crippen MR) is 90.4 cm³/mol. The number of nitrogens with one attached hydrogen (secondary N) is 1. The van der Waals surface area contributed by atoms with Crippen LogP contribution in [0.15, 0.2) is 40.9 Å². The van der Waals surface area contributed by atoms with Crippen molar-refractivity contribution in [3.05, 3.63) is 63.1 Å². The number of halogens is 1. The van der Waals surface area contributed by atoms with Gasteiger partial charge in [-0.3, -0.25) is 11.3 Å². The van der Waals surface area contributed by atoms with E-state index in [1.807, 2.05) is 12.1 Å². The Labute approximate surface area is 134 Å². The number of hydrogen-bond donors (Lipinski definition) is 2. The summed E-state index contributed by atoms with van der Waals surface area (Å²) in [6.07, 6.45) is 0.767. The van der Waals surface area contributed by atoms with Crippen LogP contribution >= 0.6 is 15.9 Å². The van der Waals surface area contributed by atoms with E-state index < -0.39 is 0 Å². The standard InChI is InChI=1S/C17H21BrN2O/c1-11-5-4-6-15(12(11)2)16(20-19)10-13-9-14(18)7-8-17(13)21-3/h4-9,16,20H,10,19H2,1-3H3. The normalized spacial score (nSPS) is 12.2. The van der Waals surface area contributed by atoms with E-state index in [4.69, 9.17) is 10.6 Å². The van der Waals surface area contributed by atoms with Gasteiger partial charge in [-0.05, 0) is 60.7 Å². The highest BCUT2D eigenvalue weighted by Gasteiger charge is 2.16. The predicted octanol–water partition coefficient (Wildman–Crippen LogP) is 3.82. The van der Waals surface area contributed by atoms with Crippen LogP contribution in [-0.2, 0) is 6.42 Å². The van der Waals surface area contributed by atoms with Gasteiger partial charge in [0.1, 0.15) is 5.75 Å². The topological polar surface area (TPSA) is 47.3 Å². The van der Waals surface area contributed by atoms with Gasteiger partial charge in [-0.1, -0.05) is 34.1 Å². The average Bonchev–Trinajstić information content (AvgIpc) is 2.48. The van der Waals surface area contributed by atoms with E-state index in [2.05, 4.69) is 59.5 Å². The van der Waals surface area contributed by atoms with Crippen LogP contribution in [0.5, 0.6) is 5.75 Å². The highest BCUT2D eigenvalue weighted by molar-refractivity contribution is 9.10. The summed E-state index contributed by atoms with van der Waals surface area (Å²) in [5, 5.41) is 0. The summed E-state index contributed by atoms with van der Waals surface area (Å²) in [6, 6.07) is 12.4. The molecule has 0 aliphatic carbocycles. The third-order valence-corrected chi connectivity index (χ3v) is 4.38. The van der Waals surface area contributed by atoms with Crippen LogP contribution in [0.2, 0.25) is 0 Å². The van der Waals surface area contributed by atoms with Crippen molar-refractivity contribution in [1.82, 2.24) is 5.43 Å². The van der Waals surface area contributed by atoms with Crippen LogP contribution in [0.25, 0.3) is 0 Å². The average molecular weight is 349 g/mol. The zero-order chi connectivity index (χ0) is 15.4. The van der Waals surface area contributed by atoms with Crippen molar-refractivity contribution in [2.75, 3.05) is 7.11 Å². The van der Waals surface area contributed by atoms with Crippen molar-refractivity contribution in [1.29, 1.82) is 0 Å². The Morgan fingerprint density at radius 2 is 2.00 bits per heavy atom. The smallest absolute Gasteiger partial charge is 0.122 e. The van der Waals surface area contributed by atoms with E-state index in [1.165, 1.54) is 16.7 Å². The fourth-order valence-corrected chi connectivity index (χ4v) is 2.95. The van der Waals surface area contributed by atoms with E-state index in [0.29, 0.717) is 0 Å². The summed E-state index contributed by atoms with van der Waals surface area (Å²) in [7, 11) is 1.69. The first-order chi connectivity index (χ1) is 10.1. The molecule has 1 unspecified atom stereocenters. The second kappa shape index (κ2) is 7.07. The third kappa shape index (κ3) is 3.64. The maximum atomic E-state index is 5.80. The van der Waals surface area contributed by atoms with Gasteiger partial charge in [0.05, 0.1) is 13.2 Å². The third-order valence-electron chi connectivity index (χ3n) is 3.89.